The van der Waals surface area contributed by atoms with Gasteiger partial charge in [0.25, 0.3) is 0 Å². The lowest BCUT2D eigenvalue weighted by molar-refractivity contribution is -0.130. The van der Waals surface area contributed by atoms with Crippen LogP contribution in [0.3, 0.4) is 0 Å². The Bertz CT molecular complexity index is 453. The molecule has 116 valence electrons. The molecule has 0 unspecified atom stereocenters. The van der Waals surface area contributed by atoms with Gasteiger partial charge in [0.1, 0.15) is 0 Å². The molecule has 0 bridgehead atoms. The smallest absolute Gasteiger partial charge is 0.240 e. The maximum absolute atomic E-state index is 11.7. The predicted molar refractivity (Wildman–Crippen MR) is 84.3 cm³/mol. The van der Waals surface area contributed by atoms with E-state index in [0.717, 1.165) is 39.3 Å². The molecule has 0 radical (unpaired) electrons. The molecule has 5 heteroatoms. The van der Waals surface area contributed by atoms with Crippen molar-refractivity contribution in [3.05, 3.63) is 35.9 Å². The van der Waals surface area contributed by atoms with Gasteiger partial charge >= 0.3 is 0 Å². The van der Waals surface area contributed by atoms with Gasteiger partial charge in [-0.05, 0) is 19.4 Å². The van der Waals surface area contributed by atoms with Crippen molar-refractivity contribution in [1.82, 2.24) is 15.2 Å². The molecule has 21 heavy (non-hydrogen) atoms. The van der Waals surface area contributed by atoms with E-state index in [1.54, 1.807) is 0 Å². The summed E-state index contributed by atoms with van der Waals surface area (Å²) in [5.41, 5.74) is 3.17. The summed E-state index contributed by atoms with van der Waals surface area (Å²) in [7, 11) is 0. The molecule has 1 aromatic rings. The second-order valence-corrected chi connectivity index (χ2v) is 6.40. The van der Waals surface area contributed by atoms with Crippen LogP contribution in [0.25, 0.3) is 0 Å². The minimum Gasteiger partial charge on any atom is -0.300 e. The summed E-state index contributed by atoms with van der Waals surface area (Å²) in [5, 5.41) is 0. The Morgan fingerprint density at radius 2 is 1.71 bits per heavy atom. The minimum atomic E-state index is -0.448. The van der Waals surface area contributed by atoms with Gasteiger partial charge in [-0.2, -0.15) is 0 Å². The summed E-state index contributed by atoms with van der Waals surface area (Å²) in [5.74, 6) is 5.14. The molecular formula is C16H26N4O. The van der Waals surface area contributed by atoms with E-state index in [9.17, 15) is 4.79 Å². The molecule has 0 aromatic heterocycles. The number of piperazine rings is 1. The van der Waals surface area contributed by atoms with E-state index < -0.39 is 5.41 Å². The number of hydrogen-bond donors (Lipinski definition) is 2. The highest BCUT2D eigenvalue weighted by atomic mass is 16.2. The van der Waals surface area contributed by atoms with Crippen molar-refractivity contribution in [2.45, 2.75) is 20.4 Å². The number of hydrazine groups is 1. The predicted octanol–water partition coefficient (Wildman–Crippen LogP) is 0.820. The highest BCUT2D eigenvalue weighted by molar-refractivity contribution is 5.81. The summed E-state index contributed by atoms with van der Waals surface area (Å²) in [6.07, 6.45) is 0. The topological polar surface area (TPSA) is 61.6 Å². The lowest BCUT2D eigenvalue weighted by atomic mass is 9.91. The molecule has 1 saturated heterocycles. The SMILES string of the molecule is CC(C)(CN1CCN(Cc2ccccc2)CC1)C(=O)NN. The molecule has 1 aliphatic heterocycles. The zero-order valence-corrected chi connectivity index (χ0v) is 13.0. The zero-order chi connectivity index (χ0) is 15.3. The Morgan fingerprint density at radius 3 is 2.29 bits per heavy atom. The first-order valence-electron chi connectivity index (χ1n) is 7.51. The van der Waals surface area contributed by atoms with E-state index in [1.807, 2.05) is 19.9 Å². The van der Waals surface area contributed by atoms with Gasteiger partial charge in [-0.1, -0.05) is 30.3 Å². The summed E-state index contributed by atoms with van der Waals surface area (Å²) in [4.78, 5) is 16.5. The quantitative estimate of drug-likeness (QED) is 0.479. The van der Waals surface area contributed by atoms with Crippen molar-refractivity contribution in [2.75, 3.05) is 32.7 Å². The fraction of sp³-hybridized carbons (Fsp3) is 0.562. The van der Waals surface area contributed by atoms with Crippen LogP contribution in [0.4, 0.5) is 0 Å². The second-order valence-electron chi connectivity index (χ2n) is 6.40. The summed E-state index contributed by atoms with van der Waals surface area (Å²) >= 11 is 0. The molecule has 1 aliphatic rings. The van der Waals surface area contributed by atoms with Gasteiger partial charge in [-0.15, -0.1) is 0 Å². The van der Waals surface area contributed by atoms with Crippen LogP contribution in [0.15, 0.2) is 30.3 Å². The van der Waals surface area contributed by atoms with E-state index in [0.29, 0.717) is 0 Å². The lowest BCUT2D eigenvalue weighted by Crippen LogP contribution is -2.52. The van der Waals surface area contributed by atoms with E-state index in [4.69, 9.17) is 5.84 Å². The molecule has 1 aromatic carbocycles. The van der Waals surface area contributed by atoms with Crippen molar-refractivity contribution >= 4 is 5.91 Å². The molecule has 0 spiro atoms. The molecular weight excluding hydrogens is 264 g/mol. The molecule has 0 saturated carbocycles. The third-order valence-electron chi connectivity index (χ3n) is 4.08. The van der Waals surface area contributed by atoms with Gasteiger partial charge < -0.3 is 0 Å². The van der Waals surface area contributed by atoms with Crippen molar-refractivity contribution < 1.29 is 4.79 Å². The van der Waals surface area contributed by atoms with Crippen LogP contribution in [0.2, 0.25) is 0 Å². The van der Waals surface area contributed by atoms with Crippen LogP contribution in [-0.4, -0.2) is 48.4 Å². The summed E-state index contributed by atoms with van der Waals surface area (Å²) in [6.45, 7) is 9.68. The van der Waals surface area contributed by atoms with Gasteiger partial charge in [0, 0.05) is 39.3 Å². The molecule has 5 nitrogen and oxygen atoms in total. The van der Waals surface area contributed by atoms with Crippen LogP contribution in [0.1, 0.15) is 19.4 Å². The second kappa shape index (κ2) is 7.02. The molecule has 0 atom stereocenters. The first kappa shape index (κ1) is 15.9. The normalized spacial score (nSPS) is 17.7. The Kier molecular flexibility index (Phi) is 5.33. The molecule has 1 fully saturated rings. The third-order valence-corrected chi connectivity index (χ3v) is 4.08. The molecule has 1 amide bonds. The Labute approximate surface area is 127 Å². The first-order chi connectivity index (χ1) is 10.0. The number of hydrogen-bond acceptors (Lipinski definition) is 4. The molecule has 2 rings (SSSR count). The maximum Gasteiger partial charge on any atom is 0.240 e. The largest absolute Gasteiger partial charge is 0.300 e. The van der Waals surface area contributed by atoms with Crippen LogP contribution < -0.4 is 11.3 Å². The number of carbonyl (C=O) groups is 1. The third kappa shape index (κ3) is 4.52. The first-order valence-corrected chi connectivity index (χ1v) is 7.51. The average Bonchev–Trinajstić information content (AvgIpc) is 2.49. The maximum atomic E-state index is 11.7. The minimum absolute atomic E-state index is 0.103. The fourth-order valence-corrected chi connectivity index (χ4v) is 2.77. The lowest BCUT2D eigenvalue weighted by Gasteiger charge is -2.38. The Morgan fingerprint density at radius 1 is 1.14 bits per heavy atom. The van der Waals surface area contributed by atoms with Gasteiger partial charge in [0.15, 0.2) is 0 Å². The standard InChI is InChI=1S/C16H26N4O/c1-16(2,15(21)18-17)13-20-10-8-19(9-11-20)12-14-6-4-3-5-7-14/h3-7H,8-13,17H2,1-2H3,(H,18,21). The van der Waals surface area contributed by atoms with Crippen LogP contribution >= 0.6 is 0 Å². The van der Waals surface area contributed by atoms with Crippen LogP contribution in [-0.2, 0) is 11.3 Å². The molecule has 0 aliphatic carbocycles. The summed E-state index contributed by atoms with van der Waals surface area (Å²) < 4.78 is 0. The van der Waals surface area contributed by atoms with Gasteiger partial charge in [-0.25, -0.2) is 5.84 Å². The average molecular weight is 290 g/mol. The monoisotopic (exact) mass is 290 g/mol. The zero-order valence-electron chi connectivity index (χ0n) is 13.0. The number of nitrogens with one attached hydrogen (secondary N) is 1. The summed E-state index contributed by atoms with van der Waals surface area (Å²) in [6, 6.07) is 10.5. The van der Waals surface area contributed by atoms with Gasteiger partial charge in [0.05, 0.1) is 5.41 Å². The van der Waals surface area contributed by atoms with Crippen LogP contribution in [0, 0.1) is 5.41 Å². The number of nitrogens with zero attached hydrogens (tertiary/aromatic N) is 2. The number of carbonyl (C=O) groups excluding carboxylic acids is 1. The number of rotatable bonds is 5. The van der Waals surface area contributed by atoms with Gasteiger partial charge in [-0.3, -0.25) is 20.0 Å². The highest BCUT2D eigenvalue weighted by Gasteiger charge is 2.30. The fourth-order valence-electron chi connectivity index (χ4n) is 2.77. The van der Waals surface area contributed by atoms with E-state index >= 15 is 0 Å². The molecule has 3 N–H and O–H groups in total. The van der Waals surface area contributed by atoms with Crippen LogP contribution in [0.5, 0.6) is 0 Å². The number of amides is 1. The van der Waals surface area contributed by atoms with Crippen molar-refractivity contribution in [3.8, 4) is 0 Å². The number of nitrogens with two attached hydrogens (primary N) is 1. The molecule has 1 heterocycles. The Balaban J connectivity index is 1.79. The Hall–Kier alpha value is -1.43. The van der Waals surface area contributed by atoms with Crippen molar-refractivity contribution in [2.24, 2.45) is 11.3 Å². The van der Waals surface area contributed by atoms with Gasteiger partial charge in [0.2, 0.25) is 5.91 Å². The van der Waals surface area contributed by atoms with E-state index in [-0.39, 0.29) is 5.91 Å². The van der Waals surface area contributed by atoms with E-state index in [1.165, 1.54) is 5.56 Å². The number of benzene rings is 1. The van der Waals surface area contributed by atoms with Crippen molar-refractivity contribution in [1.29, 1.82) is 0 Å². The van der Waals surface area contributed by atoms with E-state index in [2.05, 4.69) is 39.5 Å². The highest BCUT2D eigenvalue weighted by Crippen LogP contribution is 2.18. The van der Waals surface area contributed by atoms with Crippen molar-refractivity contribution in [3.63, 3.8) is 0 Å².